The molecule has 0 fully saturated rings. The third-order valence-corrected chi connectivity index (χ3v) is 3.54. The third kappa shape index (κ3) is 3.97. The Morgan fingerprint density at radius 3 is 2.89 bits per heavy atom. The lowest BCUT2D eigenvalue weighted by Gasteiger charge is -2.15. The summed E-state index contributed by atoms with van der Waals surface area (Å²) in [4.78, 5) is 4.38. The van der Waals surface area contributed by atoms with Crippen LogP contribution in [0, 0.1) is 5.82 Å². The van der Waals surface area contributed by atoms with Crippen LogP contribution < -0.4 is 11.1 Å². The zero-order chi connectivity index (χ0) is 13.8. The molecule has 0 amide bonds. The highest BCUT2D eigenvalue weighted by Crippen LogP contribution is 2.16. The van der Waals surface area contributed by atoms with Crippen molar-refractivity contribution in [3.05, 3.63) is 41.5 Å². The van der Waals surface area contributed by atoms with Gasteiger partial charge in [0, 0.05) is 30.0 Å². The van der Waals surface area contributed by atoms with Gasteiger partial charge in [-0.25, -0.2) is 9.37 Å². The Bertz CT molecular complexity index is 541. The van der Waals surface area contributed by atoms with Gasteiger partial charge in [-0.05, 0) is 31.5 Å². The highest BCUT2D eigenvalue weighted by molar-refractivity contribution is 7.09. The fourth-order valence-corrected chi connectivity index (χ4v) is 2.22. The van der Waals surface area contributed by atoms with E-state index in [1.807, 2.05) is 19.9 Å². The first kappa shape index (κ1) is 13.9. The summed E-state index contributed by atoms with van der Waals surface area (Å²) in [5, 5.41) is 3.95. The molecule has 0 bridgehead atoms. The lowest BCUT2D eigenvalue weighted by atomic mass is 10.1. The molecule has 4 nitrogen and oxygen atoms in total. The number of nitrogens with zero attached hydrogens (tertiary/aromatic N) is 2. The van der Waals surface area contributed by atoms with E-state index in [0.717, 1.165) is 10.7 Å². The molecule has 2 rings (SSSR count). The Kier molecular flexibility index (Phi) is 4.44. The molecule has 0 aliphatic carbocycles. The lowest BCUT2D eigenvalue weighted by Crippen LogP contribution is -2.35. The van der Waals surface area contributed by atoms with Crippen molar-refractivity contribution in [2.45, 2.75) is 32.4 Å². The van der Waals surface area contributed by atoms with Crippen LogP contribution in [0.4, 0.5) is 9.52 Å². The SMILES string of the molecule is CC(N)C(C)Nc1nc(Cc2cccc(F)c2)ns1. The molecule has 1 aromatic heterocycles. The standard InChI is InChI=1S/C13H17FN4S/c1-8(15)9(2)16-13-17-12(18-19-13)7-10-4-3-5-11(14)6-10/h3-6,8-9H,7,15H2,1-2H3,(H,16,17,18). The van der Waals surface area contributed by atoms with Crippen LogP contribution in [0.25, 0.3) is 0 Å². The molecule has 6 heteroatoms. The molecule has 0 aliphatic heterocycles. The summed E-state index contributed by atoms with van der Waals surface area (Å²) in [5.74, 6) is 0.451. The molecule has 0 saturated carbocycles. The molecule has 0 radical (unpaired) electrons. The van der Waals surface area contributed by atoms with Crippen molar-refractivity contribution in [3.8, 4) is 0 Å². The number of anilines is 1. The largest absolute Gasteiger partial charge is 0.356 e. The summed E-state index contributed by atoms with van der Waals surface area (Å²) in [5.41, 5.74) is 6.65. The predicted octanol–water partition coefficient (Wildman–Crippen LogP) is 2.42. The van der Waals surface area contributed by atoms with Gasteiger partial charge in [0.2, 0.25) is 5.13 Å². The van der Waals surface area contributed by atoms with Crippen LogP contribution in [0.15, 0.2) is 24.3 Å². The number of rotatable bonds is 5. The van der Waals surface area contributed by atoms with Gasteiger partial charge >= 0.3 is 0 Å². The molecule has 2 unspecified atom stereocenters. The van der Waals surface area contributed by atoms with Gasteiger partial charge in [-0.2, -0.15) is 4.37 Å². The maximum absolute atomic E-state index is 13.1. The Labute approximate surface area is 116 Å². The fraction of sp³-hybridized carbons (Fsp3) is 0.385. The minimum atomic E-state index is -0.239. The van der Waals surface area contributed by atoms with Gasteiger partial charge < -0.3 is 11.1 Å². The Morgan fingerprint density at radius 1 is 1.42 bits per heavy atom. The molecule has 0 aliphatic rings. The Morgan fingerprint density at radius 2 is 2.21 bits per heavy atom. The van der Waals surface area contributed by atoms with Crippen molar-refractivity contribution < 1.29 is 4.39 Å². The van der Waals surface area contributed by atoms with E-state index in [1.165, 1.54) is 23.7 Å². The number of hydrogen-bond acceptors (Lipinski definition) is 5. The maximum Gasteiger partial charge on any atom is 0.202 e. The average molecular weight is 280 g/mol. The van der Waals surface area contributed by atoms with Gasteiger partial charge in [0.15, 0.2) is 0 Å². The first-order chi connectivity index (χ1) is 9.04. The maximum atomic E-state index is 13.1. The van der Waals surface area contributed by atoms with E-state index in [1.54, 1.807) is 6.07 Å². The van der Waals surface area contributed by atoms with Crippen molar-refractivity contribution in [2.75, 3.05) is 5.32 Å². The minimum absolute atomic E-state index is 0.0376. The van der Waals surface area contributed by atoms with Gasteiger partial charge in [0.05, 0.1) is 0 Å². The van der Waals surface area contributed by atoms with E-state index >= 15 is 0 Å². The van der Waals surface area contributed by atoms with E-state index in [0.29, 0.717) is 12.2 Å². The van der Waals surface area contributed by atoms with Gasteiger partial charge in [-0.3, -0.25) is 0 Å². The number of hydrogen-bond donors (Lipinski definition) is 2. The summed E-state index contributed by atoms with van der Waals surface area (Å²) < 4.78 is 17.3. The number of halogens is 1. The summed E-state index contributed by atoms with van der Waals surface area (Å²) in [7, 11) is 0. The third-order valence-electron chi connectivity index (χ3n) is 2.86. The van der Waals surface area contributed by atoms with Gasteiger partial charge in [-0.15, -0.1) is 0 Å². The van der Waals surface area contributed by atoms with Gasteiger partial charge in [0.1, 0.15) is 11.6 Å². The first-order valence-electron chi connectivity index (χ1n) is 6.14. The number of nitrogens with one attached hydrogen (secondary N) is 1. The van der Waals surface area contributed by atoms with E-state index < -0.39 is 0 Å². The molecule has 0 spiro atoms. The number of aromatic nitrogens is 2. The van der Waals surface area contributed by atoms with E-state index in [9.17, 15) is 4.39 Å². The Balaban J connectivity index is 2.01. The van der Waals surface area contributed by atoms with E-state index in [2.05, 4.69) is 14.7 Å². The summed E-state index contributed by atoms with van der Waals surface area (Å²) in [6.07, 6.45) is 0.530. The molecule has 1 aromatic carbocycles. The molecule has 1 heterocycles. The summed E-state index contributed by atoms with van der Waals surface area (Å²) >= 11 is 1.30. The van der Waals surface area contributed by atoms with Crippen LogP contribution in [0.1, 0.15) is 25.2 Å². The number of nitrogens with two attached hydrogens (primary N) is 1. The monoisotopic (exact) mass is 280 g/mol. The second kappa shape index (κ2) is 6.08. The van der Waals surface area contributed by atoms with Crippen molar-refractivity contribution in [1.82, 2.24) is 9.36 Å². The highest BCUT2D eigenvalue weighted by Gasteiger charge is 2.11. The molecule has 3 N–H and O–H groups in total. The normalized spacial score (nSPS) is 14.1. The van der Waals surface area contributed by atoms with Crippen LogP contribution in [0.3, 0.4) is 0 Å². The second-order valence-electron chi connectivity index (χ2n) is 4.61. The minimum Gasteiger partial charge on any atom is -0.356 e. The van der Waals surface area contributed by atoms with Crippen LogP contribution in [-0.4, -0.2) is 21.4 Å². The summed E-state index contributed by atoms with van der Waals surface area (Å²) in [6, 6.07) is 6.65. The summed E-state index contributed by atoms with van der Waals surface area (Å²) in [6.45, 7) is 3.94. The predicted molar refractivity (Wildman–Crippen MR) is 75.8 cm³/mol. The lowest BCUT2D eigenvalue weighted by molar-refractivity contribution is 0.626. The molecule has 19 heavy (non-hydrogen) atoms. The molecular weight excluding hydrogens is 263 g/mol. The molecule has 2 aromatic rings. The van der Waals surface area contributed by atoms with Crippen LogP contribution in [0.5, 0.6) is 0 Å². The zero-order valence-electron chi connectivity index (χ0n) is 10.9. The quantitative estimate of drug-likeness (QED) is 0.883. The zero-order valence-corrected chi connectivity index (χ0v) is 11.7. The highest BCUT2D eigenvalue weighted by atomic mass is 32.1. The van der Waals surface area contributed by atoms with Gasteiger partial charge in [0.25, 0.3) is 0 Å². The van der Waals surface area contributed by atoms with Crippen molar-refractivity contribution >= 4 is 16.7 Å². The Hall–Kier alpha value is -1.53. The number of benzene rings is 1. The van der Waals surface area contributed by atoms with E-state index in [-0.39, 0.29) is 17.9 Å². The van der Waals surface area contributed by atoms with Crippen LogP contribution in [0.2, 0.25) is 0 Å². The van der Waals surface area contributed by atoms with Crippen LogP contribution >= 0.6 is 11.5 Å². The first-order valence-corrected chi connectivity index (χ1v) is 6.91. The topological polar surface area (TPSA) is 63.8 Å². The molecular formula is C13H17FN4S. The van der Waals surface area contributed by atoms with Crippen LogP contribution in [-0.2, 0) is 6.42 Å². The van der Waals surface area contributed by atoms with E-state index in [4.69, 9.17) is 5.73 Å². The fourth-order valence-electron chi connectivity index (χ4n) is 1.54. The second-order valence-corrected chi connectivity index (χ2v) is 5.37. The molecule has 0 saturated heterocycles. The smallest absolute Gasteiger partial charge is 0.202 e. The van der Waals surface area contributed by atoms with Gasteiger partial charge in [-0.1, -0.05) is 12.1 Å². The molecule has 102 valence electrons. The molecule has 2 atom stereocenters. The van der Waals surface area contributed by atoms with Crippen molar-refractivity contribution in [2.24, 2.45) is 5.73 Å². The van der Waals surface area contributed by atoms with Crippen molar-refractivity contribution in [1.29, 1.82) is 0 Å². The average Bonchev–Trinajstić information content (AvgIpc) is 2.76. The van der Waals surface area contributed by atoms with Crippen molar-refractivity contribution in [3.63, 3.8) is 0 Å².